The topological polar surface area (TPSA) is 83.6 Å². The van der Waals surface area contributed by atoms with Crippen LogP contribution in [0, 0.1) is 17.2 Å². The van der Waals surface area contributed by atoms with E-state index in [0.29, 0.717) is 37.6 Å². The number of carbonyl (C=O) groups is 2. The van der Waals surface area contributed by atoms with Crippen LogP contribution >= 0.6 is 0 Å². The van der Waals surface area contributed by atoms with Crippen molar-refractivity contribution < 1.29 is 18.7 Å². The summed E-state index contributed by atoms with van der Waals surface area (Å²) in [7, 11) is 0. The highest BCUT2D eigenvalue weighted by atomic mass is 19.1. The van der Waals surface area contributed by atoms with E-state index in [1.807, 2.05) is 0 Å². The molecule has 2 fully saturated rings. The molecule has 2 aliphatic rings. The number of rotatable bonds is 4. The number of nitrogens with zero attached hydrogens (tertiary/aromatic N) is 2. The Morgan fingerprint density at radius 3 is 2.80 bits per heavy atom. The van der Waals surface area contributed by atoms with Gasteiger partial charge >= 0.3 is 6.03 Å². The van der Waals surface area contributed by atoms with Gasteiger partial charge in [-0.2, -0.15) is 0 Å². The molecule has 3 heterocycles. The lowest BCUT2D eigenvalue weighted by molar-refractivity contribution is -0.124. The first-order chi connectivity index (χ1) is 14.6. The summed E-state index contributed by atoms with van der Waals surface area (Å²) in [5.41, 5.74) is 1.02. The molecule has 2 aliphatic heterocycles. The summed E-state index contributed by atoms with van der Waals surface area (Å²) in [5, 5.41) is 5.78. The summed E-state index contributed by atoms with van der Waals surface area (Å²) in [4.78, 5) is 31.6. The molecule has 2 saturated heterocycles. The fraction of sp³-hybridized carbons (Fsp3) is 0.409. The maximum absolute atomic E-state index is 13.4. The highest BCUT2D eigenvalue weighted by Gasteiger charge is 2.51. The minimum Gasteiger partial charge on any atom is -0.381 e. The maximum Gasteiger partial charge on any atom is 0.317 e. The van der Waals surface area contributed by atoms with Gasteiger partial charge in [-0.05, 0) is 42.7 Å². The van der Waals surface area contributed by atoms with Gasteiger partial charge in [-0.3, -0.25) is 9.78 Å². The van der Waals surface area contributed by atoms with Crippen LogP contribution in [0.3, 0.4) is 0 Å². The second kappa shape index (κ2) is 8.79. The molecule has 7 nitrogen and oxygen atoms in total. The van der Waals surface area contributed by atoms with Gasteiger partial charge in [0, 0.05) is 44.5 Å². The number of nitrogens with one attached hydrogen (secondary N) is 2. The Hall–Kier alpha value is -3.00. The fourth-order valence-corrected chi connectivity index (χ4v) is 4.37. The largest absolute Gasteiger partial charge is 0.381 e. The number of urea groups is 1. The van der Waals surface area contributed by atoms with Crippen molar-refractivity contribution in [2.24, 2.45) is 11.3 Å². The van der Waals surface area contributed by atoms with Crippen LogP contribution < -0.4 is 10.6 Å². The van der Waals surface area contributed by atoms with E-state index in [0.717, 1.165) is 12.8 Å². The van der Waals surface area contributed by atoms with Crippen LogP contribution in [0.1, 0.15) is 18.4 Å². The van der Waals surface area contributed by atoms with Crippen molar-refractivity contribution in [1.82, 2.24) is 15.2 Å². The number of hydrogen-bond acceptors (Lipinski definition) is 4. The minimum absolute atomic E-state index is 0.106. The Morgan fingerprint density at radius 2 is 2.07 bits per heavy atom. The molecule has 0 bridgehead atoms. The summed E-state index contributed by atoms with van der Waals surface area (Å²) in [6.07, 6.45) is 4.71. The quantitative estimate of drug-likeness (QED) is 0.809. The molecule has 1 atom stereocenters. The van der Waals surface area contributed by atoms with Crippen molar-refractivity contribution in [3.8, 4) is 0 Å². The lowest BCUT2D eigenvalue weighted by atomic mass is 9.71. The number of likely N-dealkylation sites (tertiary alicyclic amines) is 1. The first-order valence-electron chi connectivity index (χ1n) is 10.1. The van der Waals surface area contributed by atoms with Crippen molar-refractivity contribution in [2.75, 3.05) is 31.6 Å². The van der Waals surface area contributed by atoms with Crippen molar-refractivity contribution in [2.45, 2.75) is 19.4 Å². The molecular weight excluding hydrogens is 387 g/mol. The third-order valence-electron chi connectivity index (χ3n) is 6.00. The highest BCUT2D eigenvalue weighted by Crippen LogP contribution is 2.44. The standard InChI is InChI=1S/C22H25FN4O3/c23-17-4-1-3-16(11-17)12-25-21(29)27-14-19(22(15-27)6-9-30-10-7-22)20(28)26-18-5-2-8-24-13-18/h1-5,8,11,13,19H,6-7,9-10,12,14-15H2,(H,25,29)(H,26,28)/t19-/m0/s1. The van der Waals surface area contributed by atoms with Gasteiger partial charge in [0.25, 0.3) is 0 Å². The number of carbonyl (C=O) groups excluding carboxylic acids is 2. The zero-order chi connectivity index (χ0) is 21.0. The normalized spacial score (nSPS) is 20.2. The SMILES string of the molecule is O=C(Nc1cccnc1)[C@@H]1CN(C(=O)NCc2cccc(F)c2)CC12CCOCC2. The van der Waals surface area contributed by atoms with Crippen molar-refractivity contribution in [3.05, 3.63) is 60.2 Å². The van der Waals surface area contributed by atoms with Crippen LogP contribution in [0.25, 0.3) is 0 Å². The Balaban J connectivity index is 1.45. The Morgan fingerprint density at radius 1 is 1.23 bits per heavy atom. The molecule has 158 valence electrons. The summed E-state index contributed by atoms with van der Waals surface area (Å²) in [6, 6.07) is 9.45. The molecule has 1 spiro atoms. The smallest absolute Gasteiger partial charge is 0.317 e. The first-order valence-corrected chi connectivity index (χ1v) is 10.1. The average Bonchev–Trinajstić information content (AvgIpc) is 3.12. The minimum atomic E-state index is -0.337. The molecule has 8 heteroatoms. The van der Waals surface area contributed by atoms with Crippen LogP contribution in [0.2, 0.25) is 0 Å². The monoisotopic (exact) mass is 412 g/mol. The second-order valence-electron chi connectivity index (χ2n) is 7.93. The number of ether oxygens (including phenoxy) is 1. The predicted octanol–water partition coefficient (Wildman–Crippen LogP) is 2.80. The Bertz CT molecular complexity index is 902. The zero-order valence-corrected chi connectivity index (χ0v) is 16.6. The first kappa shape index (κ1) is 20.3. The van der Waals surface area contributed by atoms with Gasteiger partial charge in [-0.25, -0.2) is 9.18 Å². The molecule has 0 saturated carbocycles. The van der Waals surface area contributed by atoms with Gasteiger partial charge in [-0.15, -0.1) is 0 Å². The fourth-order valence-electron chi connectivity index (χ4n) is 4.37. The van der Waals surface area contributed by atoms with Gasteiger partial charge in [0.1, 0.15) is 5.82 Å². The number of aromatic nitrogens is 1. The van der Waals surface area contributed by atoms with Crippen molar-refractivity contribution >= 4 is 17.6 Å². The van der Waals surface area contributed by atoms with E-state index in [9.17, 15) is 14.0 Å². The van der Waals surface area contributed by atoms with Crippen LogP contribution in [0.5, 0.6) is 0 Å². The maximum atomic E-state index is 13.4. The molecule has 0 radical (unpaired) electrons. The second-order valence-corrected chi connectivity index (χ2v) is 7.93. The van der Waals surface area contributed by atoms with Crippen LogP contribution in [0.4, 0.5) is 14.9 Å². The Kier molecular flexibility index (Phi) is 5.94. The molecule has 1 aromatic carbocycles. The van der Waals surface area contributed by atoms with Gasteiger partial charge < -0.3 is 20.3 Å². The lowest BCUT2D eigenvalue weighted by Crippen LogP contribution is -2.42. The molecule has 1 aromatic heterocycles. The summed E-state index contributed by atoms with van der Waals surface area (Å²) in [5.74, 6) is -0.775. The van der Waals surface area contributed by atoms with Crippen LogP contribution in [0.15, 0.2) is 48.8 Å². The summed E-state index contributed by atoms with van der Waals surface area (Å²) >= 11 is 0. The molecule has 3 amide bonds. The van der Waals surface area contributed by atoms with Gasteiger partial charge in [0.05, 0.1) is 17.8 Å². The predicted molar refractivity (Wildman–Crippen MR) is 109 cm³/mol. The molecule has 2 aromatic rings. The van der Waals surface area contributed by atoms with E-state index in [1.165, 1.54) is 12.1 Å². The lowest BCUT2D eigenvalue weighted by Gasteiger charge is -2.37. The highest BCUT2D eigenvalue weighted by molar-refractivity contribution is 5.94. The third-order valence-corrected chi connectivity index (χ3v) is 6.00. The zero-order valence-electron chi connectivity index (χ0n) is 16.6. The van der Waals surface area contributed by atoms with E-state index in [4.69, 9.17) is 4.74 Å². The number of benzene rings is 1. The van der Waals surface area contributed by atoms with Crippen molar-refractivity contribution in [1.29, 1.82) is 0 Å². The van der Waals surface area contributed by atoms with E-state index in [-0.39, 0.29) is 35.6 Å². The molecule has 0 unspecified atom stereocenters. The molecule has 2 N–H and O–H groups in total. The third kappa shape index (κ3) is 4.43. The molecule has 30 heavy (non-hydrogen) atoms. The van der Waals surface area contributed by atoms with E-state index in [2.05, 4.69) is 15.6 Å². The molecular formula is C22H25FN4O3. The summed E-state index contributed by atoms with van der Waals surface area (Å²) < 4.78 is 18.9. The molecule has 4 rings (SSSR count). The van der Waals surface area contributed by atoms with E-state index >= 15 is 0 Å². The Labute approximate surface area is 174 Å². The van der Waals surface area contributed by atoms with E-state index in [1.54, 1.807) is 41.6 Å². The van der Waals surface area contributed by atoms with Crippen LogP contribution in [-0.4, -0.2) is 48.1 Å². The van der Waals surface area contributed by atoms with E-state index < -0.39 is 0 Å². The van der Waals surface area contributed by atoms with Gasteiger partial charge in [-0.1, -0.05) is 12.1 Å². The van der Waals surface area contributed by atoms with Gasteiger partial charge in [0.2, 0.25) is 5.91 Å². The van der Waals surface area contributed by atoms with Gasteiger partial charge in [0.15, 0.2) is 0 Å². The number of pyridine rings is 1. The number of amides is 3. The number of halogens is 1. The molecule has 0 aliphatic carbocycles. The summed E-state index contributed by atoms with van der Waals surface area (Å²) in [6.45, 7) is 2.22. The number of hydrogen-bond donors (Lipinski definition) is 2. The van der Waals surface area contributed by atoms with Crippen LogP contribution in [-0.2, 0) is 16.1 Å². The average molecular weight is 412 g/mol. The number of anilines is 1. The van der Waals surface area contributed by atoms with Crippen molar-refractivity contribution in [3.63, 3.8) is 0 Å².